The highest BCUT2D eigenvalue weighted by molar-refractivity contribution is 14.0. The molecule has 3 rings (SSSR count). The first kappa shape index (κ1) is 26.0. The van der Waals surface area contributed by atoms with Gasteiger partial charge in [-0.15, -0.1) is 24.0 Å². The number of guanidine groups is 1. The largest absolute Gasteiger partial charge is 0.491 e. The molecule has 1 amide bonds. The molecule has 1 saturated heterocycles. The smallest absolute Gasteiger partial charge is 0.239 e. The van der Waals surface area contributed by atoms with Gasteiger partial charge in [0.1, 0.15) is 18.1 Å². The Morgan fingerprint density at radius 2 is 2.12 bits per heavy atom. The van der Waals surface area contributed by atoms with Crippen LogP contribution in [0.25, 0.3) is 0 Å². The van der Waals surface area contributed by atoms with Gasteiger partial charge in [0.2, 0.25) is 5.91 Å². The number of nitrogens with zero attached hydrogens (tertiary/aromatic N) is 1. The van der Waals surface area contributed by atoms with Crippen LogP contribution >= 0.6 is 24.0 Å². The molecule has 1 aromatic heterocycles. The standard InChI is InChI=1S/C23H32N4O4.HI/c1-3-24-23(27-15-22(28)25-14-19-6-4-10-29-19)26-13-18-9-8-17(2)12-21(18)31-16-20-7-5-11-30-20;/h4,6,8-10,12,20H,3,5,7,11,13-16H2,1-2H3,(H,25,28)(H2,24,26,27);1H. The summed E-state index contributed by atoms with van der Waals surface area (Å²) in [5.74, 6) is 1.97. The van der Waals surface area contributed by atoms with Gasteiger partial charge in [0.25, 0.3) is 0 Å². The summed E-state index contributed by atoms with van der Waals surface area (Å²) in [6.07, 6.45) is 3.87. The molecule has 1 aliphatic heterocycles. The molecule has 1 atom stereocenters. The van der Waals surface area contributed by atoms with Gasteiger partial charge in [-0.25, -0.2) is 4.99 Å². The first-order valence-electron chi connectivity index (χ1n) is 10.8. The van der Waals surface area contributed by atoms with Crippen LogP contribution in [0.1, 0.15) is 36.7 Å². The maximum Gasteiger partial charge on any atom is 0.239 e. The number of furan rings is 1. The lowest BCUT2D eigenvalue weighted by molar-refractivity contribution is -0.120. The van der Waals surface area contributed by atoms with Crippen molar-refractivity contribution in [1.82, 2.24) is 16.0 Å². The average molecular weight is 556 g/mol. The van der Waals surface area contributed by atoms with Crippen LogP contribution in [0.5, 0.6) is 5.75 Å². The second-order valence-electron chi connectivity index (χ2n) is 7.46. The fourth-order valence-electron chi connectivity index (χ4n) is 3.22. The van der Waals surface area contributed by atoms with Crippen molar-refractivity contribution in [3.05, 3.63) is 53.5 Å². The monoisotopic (exact) mass is 556 g/mol. The second kappa shape index (κ2) is 14.0. The molecule has 1 aliphatic rings. The molecule has 0 spiro atoms. The summed E-state index contributed by atoms with van der Waals surface area (Å²) in [6, 6.07) is 9.72. The van der Waals surface area contributed by atoms with Gasteiger partial charge >= 0.3 is 0 Å². The molecule has 0 saturated carbocycles. The average Bonchev–Trinajstić information content (AvgIpc) is 3.48. The summed E-state index contributed by atoms with van der Waals surface area (Å²) in [6.45, 7) is 6.98. The maximum absolute atomic E-state index is 12.1. The number of aryl methyl sites for hydroxylation is 1. The molecule has 8 nitrogen and oxygen atoms in total. The Balaban J connectivity index is 0.00000363. The van der Waals surface area contributed by atoms with Crippen LogP contribution in [-0.2, 0) is 22.6 Å². The maximum atomic E-state index is 12.1. The van der Waals surface area contributed by atoms with Gasteiger partial charge in [0, 0.05) is 18.7 Å². The van der Waals surface area contributed by atoms with E-state index in [0.29, 0.717) is 38.0 Å². The van der Waals surface area contributed by atoms with Crippen LogP contribution < -0.4 is 20.7 Å². The molecule has 0 aliphatic carbocycles. The molecule has 3 N–H and O–H groups in total. The van der Waals surface area contributed by atoms with E-state index in [1.807, 2.05) is 38.1 Å². The Morgan fingerprint density at radius 1 is 1.25 bits per heavy atom. The van der Waals surface area contributed by atoms with E-state index in [1.165, 1.54) is 0 Å². The third-order valence-corrected chi connectivity index (χ3v) is 4.88. The minimum atomic E-state index is -0.141. The number of rotatable bonds is 10. The van der Waals surface area contributed by atoms with E-state index in [9.17, 15) is 4.79 Å². The van der Waals surface area contributed by atoms with Gasteiger partial charge < -0.3 is 29.8 Å². The number of amides is 1. The summed E-state index contributed by atoms with van der Waals surface area (Å²) in [7, 11) is 0. The molecular formula is C23H33IN4O4. The van der Waals surface area contributed by atoms with Crippen molar-refractivity contribution in [1.29, 1.82) is 0 Å². The number of nitrogens with one attached hydrogen (secondary N) is 3. The summed E-state index contributed by atoms with van der Waals surface area (Å²) in [5.41, 5.74) is 2.12. The summed E-state index contributed by atoms with van der Waals surface area (Å²) in [4.78, 5) is 16.7. The molecule has 9 heteroatoms. The van der Waals surface area contributed by atoms with Crippen LogP contribution in [-0.4, -0.2) is 44.3 Å². The highest BCUT2D eigenvalue weighted by Crippen LogP contribution is 2.23. The Morgan fingerprint density at radius 3 is 2.84 bits per heavy atom. The number of halogens is 1. The minimum absolute atomic E-state index is 0. The predicted octanol–water partition coefficient (Wildman–Crippen LogP) is 3.14. The van der Waals surface area contributed by atoms with E-state index in [0.717, 1.165) is 36.3 Å². The van der Waals surface area contributed by atoms with Crippen molar-refractivity contribution in [2.45, 2.75) is 45.9 Å². The first-order valence-corrected chi connectivity index (χ1v) is 10.8. The van der Waals surface area contributed by atoms with E-state index >= 15 is 0 Å². The van der Waals surface area contributed by atoms with Gasteiger partial charge in [0.05, 0.1) is 32.0 Å². The van der Waals surface area contributed by atoms with Crippen molar-refractivity contribution < 1.29 is 18.7 Å². The van der Waals surface area contributed by atoms with E-state index in [2.05, 4.69) is 20.9 Å². The van der Waals surface area contributed by atoms with Crippen molar-refractivity contribution in [2.75, 3.05) is 26.3 Å². The zero-order valence-corrected chi connectivity index (χ0v) is 21.0. The zero-order chi connectivity index (χ0) is 21.9. The van der Waals surface area contributed by atoms with E-state index < -0.39 is 0 Å². The quantitative estimate of drug-likeness (QED) is 0.237. The number of ether oxygens (including phenoxy) is 2. The number of benzene rings is 1. The lowest BCUT2D eigenvalue weighted by Gasteiger charge is -2.15. The molecular weight excluding hydrogens is 523 g/mol. The Kier molecular flexibility index (Phi) is 11.4. The van der Waals surface area contributed by atoms with Crippen LogP contribution in [0.4, 0.5) is 0 Å². The van der Waals surface area contributed by atoms with Crippen LogP contribution in [0.15, 0.2) is 46.0 Å². The summed E-state index contributed by atoms with van der Waals surface area (Å²) in [5, 5.41) is 9.03. The third kappa shape index (κ3) is 8.70. The number of hydrogen-bond acceptors (Lipinski definition) is 5. The SMILES string of the molecule is CCNC(=NCc1ccc(C)cc1OCC1CCCO1)NCC(=O)NCc1ccco1.I. The molecule has 1 unspecified atom stereocenters. The molecule has 1 aromatic carbocycles. The molecule has 0 radical (unpaired) electrons. The van der Waals surface area contributed by atoms with E-state index in [4.69, 9.17) is 13.9 Å². The highest BCUT2D eigenvalue weighted by Gasteiger charge is 2.17. The normalized spacial score (nSPS) is 15.7. The van der Waals surface area contributed by atoms with Gasteiger partial charge in [-0.3, -0.25) is 4.79 Å². The Labute approximate surface area is 206 Å². The van der Waals surface area contributed by atoms with Crippen molar-refractivity contribution in [3.63, 3.8) is 0 Å². The number of carbonyl (C=O) groups is 1. The minimum Gasteiger partial charge on any atom is -0.491 e. The fraction of sp³-hybridized carbons (Fsp3) is 0.478. The lowest BCUT2D eigenvalue weighted by atomic mass is 10.1. The van der Waals surface area contributed by atoms with Crippen LogP contribution in [0.2, 0.25) is 0 Å². The van der Waals surface area contributed by atoms with E-state index in [1.54, 1.807) is 12.3 Å². The van der Waals surface area contributed by atoms with Crippen molar-refractivity contribution in [2.24, 2.45) is 4.99 Å². The fourth-order valence-corrected chi connectivity index (χ4v) is 3.22. The van der Waals surface area contributed by atoms with Gasteiger partial charge in [-0.2, -0.15) is 0 Å². The Bertz CT molecular complexity index is 852. The molecule has 2 heterocycles. The lowest BCUT2D eigenvalue weighted by Crippen LogP contribution is -2.43. The van der Waals surface area contributed by atoms with E-state index in [-0.39, 0.29) is 42.5 Å². The summed E-state index contributed by atoms with van der Waals surface area (Å²) >= 11 is 0. The van der Waals surface area contributed by atoms with Crippen LogP contribution in [0.3, 0.4) is 0 Å². The van der Waals surface area contributed by atoms with Gasteiger partial charge in [0.15, 0.2) is 5.96 Å². The highest BCUT2D eigenvalue weighted by atomic mass is 127. The molecule has 176 valence electrons. The zero-order valence-electron chi connectivity index (χ0n) is 18.7. The van der Waals surface area contributed by atoms with Gasteiger partial charge in [-0.1, -0.05) is 12.1 Å². The first-order chi connectivity index (χ1) is 15.1. The summed E-state index contributed by atoms with van der Waals surface area (Å²) < 4.78 is 16.9. The topological polar surface area (TPSA) is 97.1 Å². The Hall–Kier alpha value is -2.27. The molecule has 0 bridgehead atoms. The van der Waals surface area contributed by atoms with Crippen molar-refractivity contribution >= 4 is 35.8 Å². The second-order valence-corrected chi connectivity index (χ2v) is 7.46. The predicted molar refractivity (Wildman–Crippen MR) is 134 cm³/mol. The van der Waals surface area contributed by atoms with Crippen molar-refractivity contribution in [3.8, 4) is 5.75 Å². The molecule has 1 fully saturated rings. The van der Waals surface area contributed by atoms with Crippen LogP contribution in [0, 0.1) is 6.92 Å². The number of aliphatic imine (C=N–C) groups is 1. The van der Waals surface area contributed by atoms with Gasteiger partial charge in [-0.05, 0) is 50.5 Å². The molecule has 32 heavy (non-hydrogen) atoms. The number of carbonyl (C=O) groups excluding carboxylic acids is 1. The third-order valence-electron chi connectivity index (χ3n) is 4.88. The number of hydrogen-bond donors (Lipinski definition) is 3. The molecule has 2 aromatic rings.